The average Bonchev–Trinajstić information content (AvgIpc) is 2.64. The number of hydrogen-bond acceptors (Lipinski definition) is 2. The molecule has 132 valence electrons. The first-order valence-corrected chi connectivity index (χ1v) is 9.66. The molecule has 0 bridgehead atoms. The predicted octanol–water partition coefficient (Wildman–Crippen LogP) is 4.70. The Morgan fingerprint density at radius 3 is 2.40 bits per heavy atom. The summed E-state index contributed by atoms with van der Waals surface area (Å²) >= 11 is 3.40. The van der Waals surface area contributed by atoms with Crippen LogP contribution in [0, 0.1) is 5.92 Å². The van der Waals surface area contributed by atoms with Crippen LogP contribution >= 0.6 is 15.9 Å². The second kappa shape index (κ2) is 8.52. The van der Waals surface area contributed by atoms with E-state index < -0.39 is 6.10 Å². The molecule has 0 aromatic heterocycles. The molecule has 0 spiro atoms. The van der Waals surface area contributed by atoms with Gasteiger partial charge < -0.3 is 9.64 Å². The number of carbonyl (C=O) groups is 1. The summed E-state index contributed by atoms with van der Waals surface area (Å²) in [7, 11) is 0. The molecule has 1 unspecified atom stereocenters. The molecule has 2 aromatic carbocycles. The van der Waals surface area contributed by atoms with Crippen LogP contribution in [0.2, 0.25) is 0 Å². The van der Waals surface area contributed by atoms with Gasteiger partial charge in [0.2, 0.25) is 0 Å². The molecule has 4 heteroatoms. The molecule has 1 fully saturated rings. The zero-order chi connectivity index (χ0) is 17.6. The lowest BCUT2D eigenvalue weighted by molar-refractivity contribution is -0.139. The van der Waals surface area contributed by atoms with Crippen molar-refractivity contribution in [1.82, 2.24) is 4.90 Å². The van der Waals surface area contributed by atoms with Gasteiger partial charge in [-0.1, -0.05) is 46.3 Å². The number of nitrogens with zero attached hydrogens (tertiary/aromatic N) is 1. The summed E-state index contributed by atoms with van der Waals surface area (Å²) in [5.41, 5.74) is 1.39. The van der Waals surface area contributed by atoms with E-state index in [0.29, 0.717) is 5.92 Å². The molecular formula is C21H24BrNO2. The maximum Gasteiger partial charge on any atom is 0.263 e. The molecule has 1 amide bonds. The van der Waals surface area contributed by atoms with E-state index in [-0.39, 0.29) is 5.91 Å². The Labute approximate surface area is 158 Å². The van der Waals surface area contributed by atoms with Crippen molar-refractivity contribution in [3.8, 4) is 5.75 Å². The molecule has 0 radical (unpaired) electrons. The van der Waals surface area contributed by atoms with E-state index in [1.165, 1.54) is 5.56 Å². The van der Waals surface area contributed by atoms with Crippen molar-refractivity contribution in [3.05, 3.63) is 64.6 Å². The van der Waals surface area contributed by atoms with Gasteiger partial charge in [0.25, 0.3) is 5.91 Å². The van der Waals surface area contributed by atoms with E-state index in [9.17, 15) is 4.79 Å². The first-order chi connectivity index (χ1) is 12.1. The summed E-state index contributed by atoms with van der Waals surface area (Å²) in [6.07, 6.45) is 2.78. The van der Waals surface area contributed by atoms with Crippen molar-refractivity contribution >= 4 is 21.8 Å². The SMILES string of the molecule is CC(Oc1ccc(Br)cc1)C(=O)N1CCC(Cc2ccccc2)CC1. The van der Waals surface area contributed by atoms with Crippen LogP contribution in [0.5, 0.6) is 5.75 Å². The Balaban J connectivity index is 1.48. The Morgan fingerprint density at radius 1 is 1.12 bits per heavy atom. The molecule has 2 aromatic rings. The number of likely N-dealkylation sites (tertiary alicyclic amines) is 1. The van der Waals surface area contributed by atoms with Crippen LogP contribution in [0.3, 0.4) is 0 Å². The summed E-state index contributed by atoms with van der Waals surface area (Å²) in [4.78, 5) is 14.6. The standard InChI is InChI=1S/C21H24BrNO2/c1-16(25-20-9-7-19(22)8-10-20)21(24)23-13-11-18(12-14-23)15-17-5-3-2-4-6-17/h2-10,16,18H,11-15H2,1H3. The highest BCUT2D eigenvalue weighted by Gasteiger charge is 2.27. The molecule has 1 heterocycles. The van der Waals surface area contributed by atoms with E-state index in [4.69, 9.17) is 4.74 Å². The van der Waals surface area contributed by atoms with Gasteiger partial charge in [0.05, 0.1) is 0 Å². The van der Waals surface area contributed by atoms with Gasteiger partial charge in [0, 0.05) is 17.6 Å². The Hall–Kier alpha value is -1.81. The minimum Gasteiger partial charge on any atom is -0.481 e. The Morgan fingerprint density at radius 2 is 1.76 bits per heavy atom. The summed E-state index contributed by atoms with van der Waals surface area (Å²) in [5, 5.41) is 0. The second-order valence-electron chi connectivity index (χ2n) is 6.67. The fourth-order valence-electron chi connectivity index (χ4n) is 3.33. The van der Waals surface area contributed by atoms with Crippen molar-refractivity contribution in [3.63, 3.8) is 0 Å². The normalized spacial score (nSPS) is 16.5. The highest BCUT2D eigenvalue weighted by Crippen LogP contribution is 2.23. The number of carbonyl (C=O) groups excluding carboxylic acids is 1. The summed E-state index contributed by atoms with van der Waals surface area (Å²) in [6, 6.07) is 18.2. The maximum absolute atomic E-state index is 12.6. The number of hydrogen-bond donors (Lipinski definition) is 0. The highest BCUT2D eigenvalue weighted by atomic mass is 79.9. The average molecular weight is 402 g/mol. The number of benzene rings is 2. The van der Waals surface area contributed by atoms with Gasteiger partial charge >= 0.3 is 0 Å². The molecule has 25 heavy (non-hydrogen) atoms. The number of ether oxygens (including phenoxy) is 1. The molecule has 1 atom stereocenters. The van der Waals surface area contributed by atoms with E-state index in [0.717, 1.165) is 42.6 Å². The monoisotopic (exact) mass is 401 g/mol. The molecule has 3 rings (SSSR count). The van der Waals surface area contributed by atoms with Crippen LogP contribution < -0.4 is 4.74 Å². The maximum atomic E-state index is 12.6. The van der Waals surface area contributed by atoms with Crippen molar-refractivity contribution in [2.75, 3.05) is 13.1 Å². The molecular weight excluding hydrogens is 378 g/mol. The Bertz CT molecular complexity index is 679. The third-order valence-electron chi connectivity index (χ3n) is 4.77. The van der Waals surface area contributed by atoms with Crippen molar-refractivity contribution < 1.29 is 9.53 Å². The topological polar surface area (TPSA) is 29.5 Å². The molecule has 0 N–H and O–H groups in total. The van der Waals surface area contributed by atoms with Gasteiger partial charge in [0.1, 0.15) is 5.75 Å². The van der Waals surface area contributed by atoms with Crippen molar-refractivity contribution in [2.24, 2.45) is 5.92 Å². The third-order valence-corrected chi connectivity index (χ3v) is 5.30. The first-order valence-electron chi connectivity index (χ1n) is 8.87. The lowest BCUT2D eigenvalue weighted by Gasteiger charge is -2.33. The van der Waals surface area contributed by atoms with Crippen LogP contribution in [0.4, 0.5) is 0 Å². The van der Waals surface area contributed by atoms with Crippen LogP contribution in [-0.2, 0) is 11.2 Å². The quantitative estimate of drug-likeness (QED) is 0.726. The second-order valence-corrected chi connectivity index (χ2v) is 7.59. The van der Waals surface area contributed by atoms with Crippen LogP contribution in [0.25, 0.3) is 0 Å². The van der Waals surface area contributed by atoms with Gasteiger partial charge in [0.15, 0.2) is 6.10 Å². The largest absolute Gasteiger partial charge is 0.481 e. The zero-order valence-corrected chi connectivity index (χ0v) is 16.1. The highest BCUT2D eigenvalue weighted by molar-refractivity contribution is 9.10. The summed E-state index contributed by atoms with van der Waals surface area (Å²) < 4.78 is 6.79. The minimum absolute atomic E-state index is 0.0843. The molecule has 1 aliphatic heterocycles. The fraction of sp³-hybridized carbons (Fsp3) is 0.381. The molecule has 1 saturated heterocycles. The third kappa shape index (κ3) is 5.08. The van der Waals surface area contributed by atoms with Gasteiger partial charge in [-0.2, -0.15) is 0 Å². The smallest absolute Gasteiger partial charge is 0.263 e. The summed E-state index contributed by atoms with van der Waals surface area (Å²) in [5.74, 6) is 1.47. The fourth-order valence-corrected chi connectivity index (χ4v) is 3.59. The summed E-state index contributed by atoms with van der Waals surface area (Å²) in [6.45, 7) is 3.48. The van der Waals surface area contributed by atoms with E-state index in [1.54, 1.807) is 0 Å². The Kier molecular flexibility index (Phi) is 6.14. The minimum atomic E-state index is -0.452. The van der Waals surface area contributed by atoms with E-state index in [2.05, 4.69) is 46.3 Å². The van der Waals surface area contributed by atoms with Crippen LogP contribution in [0.15, 0.2) is 59.1 Å². The molecule has 0 saturated carbocycles. The van der Waals surface area contributed by atoms with E-state index in [1.807, 2.05) is 36.1 Å². The van der Waals surface area contributed by atoms with Crippen molar-refractivity contribution in [1.29, 1.82) is 0 Å². The van der Waals surface area contributed by atoms with Gasteiger partial charge in [-0.15, -0.1) is 0 Å². The van der Waals surface area contributed by atoms with Gasteiger partial charge in [-0.05, 0) is 61.9 Å². The van der Waals surface area contributed by atoms with Gasteiger partial charge in [-0.3, -0.25) is 4.79 Å². The lowest BCUT2D eigenvalue weighted by atomic mass is 9.90. The van der Waals surface area contributed by atoms with Gasteiger partial charge in [-0.25, -0.2) is 0 Å². The number of rotatable bonds is 5. The predicted molar refractivity (Wildman–Crippen MR) is 104 cm³/mol. The van der Waals surface area contributed by atoms with E-state index >= 15 is 0 Å². The first kappa shape index (κ1) is 18.0. The molecule has 3 nitrogen and oxygen atoms in total. The number of halogens is 1. The van der Waals surface area contributed by atoms with Crippen LogP contribution in [-0.4, -0.2) is 30.0 Å². The van der Waals surface area contributed by atoms with Crippen LogP contribution in [0.1, 0.15) is 25.3 Å². The molecule has 1 aliphatic rings. The number of piperidine rings is 1. The lowest BCUT2D eigenvalue weighted by Crippen LogP contribution is -2.45. The zero-order valence-electron chi connectivity index (χ0n) is 14.5. The molecule has 0 aliphatic carbocycles. The van der Waals surface area contributed by atoms with Crippen molar-refractivity contribution in [2.45, 2.75) is 32.3 Å². The number of amides is 1.